The van der Waals surface area contributed by atoms with Crippen molar-refractivity contribution in [3.8, 4) is 0 Å². The molecular weight excluding hydrogens is 416 g/mol. The Bertz CT molecular complexity index is 1050. The molecule has 6 nitrogen and oxygen atoms in total. The van der Waals surface area contributed by atoms with E-state index in [-0.39, 0.29) is 24.3 Å². The van der Waals surface area contributed by atoms with Crippen LogP contribution < -0.4 is 0 Å². The number of likely N-dealkylation sites (tertiary alicyclic amines) is 1. The molecule has 1 fully saturated rings. The lowest BCUT2D eigenvalue weighted by Crippen LogP contribution is -2.38. The minimum Gasteiger partial charge on any atom is -0.462 e. The monoisotopic (exact) mass is 446 g/mol. The molecule has 0 aliphatic carbocycles. The number of imide groups is 1. The topological polar surface area (TPSA) is 66.9 Å². The van der Waals surface area contributed by atoms with E-state index in [1.54, 1.807) is 24.3 Å². The van der Waals surface area contributed by atoms with Crippen LogP contribution in [-0.4, -0.2) is 47.3 Å². The van der Waals surface area contributed by atoms with E-state index in [0.29, 0.717) is 29.4 Å². The van der Waals surface area contributed by atoms with Crippen LogP contribution in [0.1, 0.15) is 54.6 Å². The molecule has 2 aromatic rings. The Morgan fingerprint density at radius 2 is 1.64 bits per heavy atom. The molecule has 0 aromatic heterocycles. The number of carbonyl (C=O) groups excluding carboxylic acids is 3. The van der Waals surface area contributed by atoms with Gasteiger partial charge in [-0.1, -0.05) is 56.3 Å². The highest BCUT2D eigenvalue weighted by atomic mass is 16.5. The van der Waals surface area contributed by atoms with Crippen molar-refractivity contribution in [2.75, 3.05) is 19.7 Å². The van der Waals surface area contributed by atoms with Gasteiger partial charge < -0.3 is 9.64 Å². The van der Waals surface area contributed by atoms with E-state index in [2.05, 4.69) is 11.8 Å². The summed E-state index contributed by atoms with van der Waals surface area (Å²) in [5, 5.41) is 0. The molecular formula is C27H30N2O4. The lowest BCUT2D eigenvalue weighted by molar-refractivity contribution is -0.138. The molecule has 2 aliphatic rings. The SMILES string of the molecule is CCCOC(=O)c1ccc(CN2C(=O)C(c3ccccc3)=C(N3CCC(C)CC3)C2=O)cc1. The fraction of sp³-hybridized carbons (Fsp3) is 0.370. The number of piperidine rings is 1. The summed E-state index contributed by atoms with van der Waals surface area (Å²) in [6, 6.07) is 16.3. The highest BCUT2D eigenvalue weighted by Gasteiger charge is 2.42. The van der Waals surface area contributed by atoms with Gasteiger partial charge in [0, 0.05) is 13.1 Å². The summed E-state index contributed by atoms with van der Waals surface area (Å²) in [4.78, 5) is 42.4. The van der Waals surface area contributed by atoms with E-state index in [9.17, 15) is 14.4 Å². The van der Waals surface area contributed by atoms with Crippen LogP contribution in [0.3, 0.4) is 0 Å². The van der Waals surface area contributed by atoms with Crippen molar-refractivity contribution in [2.24, 2.45) is 5.92 Å². The standard InChI is InChI=1S/C27H30N2O4/c1-3-17-33-27(32)22-11-9-20(10-12-22)18-29-25(30)23(21-7-5-4-6-8-21)24(26(29)31)28-15-13-19(2)14-16-28/h4-12,19H,3,13-18H2,1-2H3. The third-order valence-electron chi connectivity index (χ3n) is 6.27. The fourth-order valence-electron chi connectivity index (χ4n) is 4.30. The third-order valence-corrected chi connectivity index (χ3v) is 6.27. The molecule has 6 heteroatoms. The van der Waals surface area contributed by atoms with Gasteiger partial charge >= 0.3 is 5.97 Å². The summed E-state index contributed by atoms with van der Waals surface area (Å²) in [7, 11) is 0. The lowest BCUT2D eigenvalue weighted by Gasteiger charge is -2.32. The Morgan fingerprint density at radius 1 is 0.970 bits per heavy atom. The molecule has 4 rings (SSSR count). The Morgan fingerprint density at radius 3 is 2.27 bits per heavy atom. The van der Waals surface area contributed by atoms with Gasteiger partial charge in [0.1, 0.15) is 5.70 Å². The van der Waals surface area contributed by atoms with Crippen molar-refractivity contribution >= 4 is 23.4 Å². The predicted molar refractivity (Wildman–Crippen MR) is 126 cm³/mol. The van der Waals surface area contributed by atoms with Crippen molar-refractivity contribution in [1.29, 1.82) is 0 Å². The molecule has 1 saturated heterocycles. The molecule has 0 radical (unpaired) electrons. The molecule has 172 valence electrons. The first-order chi connectivity index (χ1) is 16.0. The molecule has 2 amide bonds. The van der Waals surface area contributed by atoms with Crippen LogP contribution >= 0.6 is 0 Å². The molecule has 0 N–H and O–H groups in total. The van der Waals surface area contributed by atoms with E-state index in [0.717, 1.165) is 43.5 Å². The van der Waals surface area contributed by atoms with Crippen LogP contribution in [0.4, 0.5) is 0 Å². The van der Waals surface area contributed by atoms with Gasteiger partial charge in [-0.25, -0.2) is 4.79 Å². The predicted octanol–water partition coefficient (Wildman–Crippen LogP) is 4.27. The molecule has 0 saturated carbocycles. The van der Waals surface area contributed by atoms with Gasteiger partial charge in [-0.3, -0.25) is 14.5 Å². The molecule has 0 atom stereocenters. The number of hydrogen-bond donors (Lipinski definition) is 0. The van der Waals surface area contributed by atoms with Crippen LogP contribution in [0.2, 0.25) is 0 Å². The normalized spacial score (nSPS) is 17.2. The maximum absolute atomic E-state index is 13.5. The number of carbonyl (C=O) groups is 3. The van der Waals surface area contributed by atoms with Crippen LogP contribution in [0.5, 0.6) is 0 Å². The van der Waals surface area contributed by atoms with Gasteiger partial charge in [0.25, 0.3) is 11.8 Å². The third kappa shape index (κ3) is 4.85. The zero-order valence-electron chi connectivity index (χ0n) is 19.3. The highest BCUT2D eigenvalue weighted by Crippen LogP contribution is 2.34. The zero-order valence-corrected chi connectivity index (χ0v) is 19.3. The molecule has 2 heterocycles. The molecule has 0 spiro atoms. The van der Waals surface area contributed by atoms with Gasteiger partial charge in [0.05, 0.1) is 24.3 Å². The summed E-state index contributed by atoms with van der Waals surface area (Å²) < 4.78 is 5.17. The van der Waals surface area contributed by atoms with E-state index < -0.39 is 0 Å². The van der Waals surface area contributed by atoms with Crippen molar-refractivity contribution in [2.45, 2.75) is 39.7 Å². The first-order valence-corrected chi connectivity index (χ1v) is 11.7. The number of nitrogens with zero attached hydrogens (tertiary/aromatic N) is 2. The summed E-state index contributed by atoms with van der Waals surface area (Å²) in [6.07, 6.45) is 2.77. The first kappa shape index (κ1) is 22.8. The van der Waals surface area contributed by atoms with Gasteiger partial charge in [-0.05, 0) is 48.4 Å². The van der Waals surface area contributed by atoms with Gasteiger partial charge in [-0.15, -0.1) is 0 Å². The van der Waals surface area contributed by atoms with Crippen molar-refractivity contribution in [1.82, 2.24) is 9.80 Å². The smallest absolute Gasteiger partial charge is 0.338 e. The lowest BCUT2D eigenvalue weighted by atomic mass is 9.97. The highest BCUT2D eigenvalue weighted by molar-refractivity contribution is 6.35. The number of ether oxygens (including phenoxy) is 1. The Balaban J connectivity index is 1.58. The number of esters is 1. The quantitative estimate of drug-likeness (QED) is 0.470. The molecule has 2 aliphatic heterocycles. The number of rotatable bonds is 7. The van der Waals surface area contributed by atoms with E-state index in [1.807, 2.05) is 37.3 Å². The summed E-state index contributed by atoms with van der Waals surface area (Å²) in [5.74, 6) is -0.273. The second-order valence-corrected chi connectivity index (χ2v) is 8.79. The van der Waals surface area contributed by atoms with Crippen LogP contribution in [-0.2, 0) is 20.9 Å². The number of hydrogen-bond acceptors (Lipinski definition) is 5. The van der Waals surface area contributed by atoms with Crippen LogP contribution in [0, 0.1) is 5.92 Å². The van der Waals surface area contributed by atoms with Gasteiger partial charge in [0.15, 0.2) is 0 Å². The minimum absolute atomic E-state index is 0.159. The average molecular weight is 447 g/mol. The molecule has 2 aromatic carbocycles. The second kappa shape index (κ2) is 10.0. The maximum Gasteiger partial charge on any atom is 0.338 e. The van der Waals surface area contributed by atoms with Crippen LogP contribution in [0.25, 0.3) is 5.57 Å². The van der Waals surface area contributed by atoms with E-state index >= 15 is 0 Å². The van der Waals surface area contributed by atoms with E-state index in [1.165, 1.54) is 4.90 Å². The Kier molecular flexibility index (Phi) is 6.92. The van der Waals surface area contributed by atoms with Crippen molar-refractivity contribution in [3.05, 3.63) is 77.0 Å². The Labute approximate surface area is 194 Å². The van der Waals surface area contributed by atoms with Gasteiger partial charge in [0.2, 0.25) is 0 Å². The van der Waals surface area contributed by atoms with Crippen LogP contribution in [0.15, 0.2) is 60.3 Å². The zero-order chi connectivity index (χ0) is 23.4. The molecule has 33 heavy (non-hydrogen) atoms. The minimum atomic E-state index is -0.369. The number of amides is 2. The van der Waals surface area contributed by atoms with Crippen molar-refractivity contribution in [3.63, 3.8) is 0 Å². The average Bonchev–Trinajstić information content (AvgIpc) is 3.09. The molecule has 0 unspecified atom stereocenters. The Hall–Kier alpha value is -3.41. The summed E-state index contributed by atoms with van der Waals surface area (Å²) in [6.45, 7) is 6.24. The largest absolute Gasteiger partial charge is 0.462 e. The van der Waals surface area contributed by atoms with Gasteiger partial charge in [-0.2, -0.15) is 0 Å². The first-order valence-electron chi connectivity index (χ1n) is 11.7. The van der Waals surface area contributed by atoms with Crippen molar-refractivity contribution < 1.29 is 19.1 Å². The molecule has 0 bridgehead atoms. The number of benzene rings is 2. The maximum atomic E-state index is 13.5. The second-order valence-electron chi connectivity index (χ2n) is 8.79. The summed E-state index contributed by atoms with van der Waals surface area (Å²) >= 11 is 0. The summed E-state index contributed by atoms with van der Waals surface area (Å²) in [5.41, 5.74) is 3.00. The fourth-order valence-corrected chi connectivity index (χ4v) is 4.30. The van der Waals surface area contributed by atoms with E-state index in [4.69, 9.17) is 4.74 Å².